The molecule has 0 aliphatic carbocycles. The third kappa shape index (κ3) is 4.38. The number of anilines is 1. The van der Waals surface area contributed by atoms with E-state index in [0.29, 0.717) is 0 Å². The van der Waals surface area contributed by atoms with Gasteiger partial charge in [0.1, 0.15) is 0 Å². The number of aryl methyl sites for hydroxylation is 1. The summed E-state index contributed by atoms with van der Waals surface area (Å²) in [6, 6.07) is 7.95. The van der Waals surface area contributed by atoms with Crippen LogP contribution in [-0.4, -0.2) is 26.0 Å². The van der Waals surface area contributed by atoms with Crippen LogP contribution in [0.3, 0.4) is 0 Å². The van der Waals surface area contributed by atoms with Crippen LogP contribution in [0.15, 0.2) is 24.3 Å². The molecule has 1 atom stereocenters. The van der Waals surface area contributed by atoms with Crippen LogP contribution in [-0.2, 0) is 16.3 Å². The van der Waals surface area contributed by atoms with Crippen molar-refractivity contribution in [1.82, 2.24) is 0 Å². The summed E-state index contributed by atoms with van der Waals surface area (Å²) >= 11 is 0. The zero-order valence-corrected chi connectivity index (χ0v) is 11.5. The van der Waals surface area contributed by atoms with E-state index in [2.05, 4.69) is 18.3 Å². The molecule has 0 aliphatic rings. The Morgan fingerprint density at radius 3 is 2.47 bits per heavy atom. The Hall–Kier alpha value is -1.03. The van der Waals surface area contributed by atoms with Gasteiger partial charge in [-0.05, 0) is 25.0 Å². The third-order valence-corrected chi connectivity index (χ3v) is 4.63. The van der Waals surface area contributed by atoms with Crippen molar-refractivity contribution in [2.45, 2.75) is 33.2 Å². The fraction of sp³-hybridized carbons (Fsp3) is 0.538. The first-order valence-electron chi connectivity index (χ1n) is 6.03. The van der Waals surface area contributed by atoms with Crippen molar-refractivity contribution in [3.63, 3.8) is 0 Å². The van der Waals surface area contributed by atoms with Gasteiger partial charge in [0.05, 0.1) is 5.75 Å². The molecule has 0 aliphatic heterocycles. The normalized spacial score (nSPS) is 13.4. The van der Waals surface area contributed by atoms with E-state index in [4.69, 9.17) is 0 Å². The molecule has 1 rings (SSSR count). The van der Waals surface area contributed by atoms with Crippen molar-refractivity contribution >= 4 is 15.5 Å². The van der Waals surface area contributed by atoms with Gasteiger partial charge in [-0.3, -0.25) is 0 Å². The van der Waals surface area contributed by atoms with Gasteiger partial charge in [-0.15, -0.1) is 0 Å². The van der Waals surface area contributed by atoms with E-state index >= 15 is 0 Å². The van der Waals surface area contributed by atoms with Crippen molar-refractivity contribution in [3.8, 4) is 0 Å². The molecule has 1 N–H and O–H groups in total. The van der Waals surface area contributed by atoms with Gasteiger partial charge in [-0.25, -0.2) is 8.42 Å². The molecule has 1 aromatic carbocycles. The largest absolute Gasteiger partial charge is 0.381 e. The molecule has 17 heavy (non-hydrogen) atoms. The van der Waals surface area contributed by atoms with Gasteiger partial charge < -0.3 is 5.32 Å². The van der Waals surface area contributed by atoms with Crippen LogP contribution in [0.4, 0.5) is 5.69 Å². The number of nitrogens with one attached hydrogen (secondary N) is 1. The lowest BCUT2D eigenvalue weighted by atomic mass is 10.1. The van der Waals surface area contributed by atoms with E-state index in [1.54, 1.807) is 6.92 Å². The molecule has 0 amide bonds. The van der Waals surface area contributed by atoms with Crippen molar-refractivity contribution < 1.29 is 8.42 Å². The molecule has 3 nitrogen and oxygen atoms in total. The molecule has 0 saturated heterocycles. The molecular weight excluding hydrogens is 234 g/mol. The fourth-order valence-corrected chi connectivity index (χ4v) is 2.86. The van der Waals surface area contributed by atoms with Gasteiger partial charge >= 0.3 is 0 Å². The Balaban J connectivity index is 2.71. The first kappa shape index (κ1) is 14.0. The van der Waals surface area contributed by atoms with Gasteiger partial charge in [-0.1, -0.05) is 32.0 Å². The quantitative estimate of drug-likeness (QED) is 0.849. The molecule has 96 valence electrons. The summed E-state index contributed by atoms with van der Waals surface area (Å²) in [6.07, 6.45) is 0.941. The maximum absolute atomic E-state index is 11.5. The highest BCUT2D eigenvalue weighted by Crippen LogP contribution is 2.16. The van der Waals surface area contributed by atoms with Crippen LogP contribution in [0.2, 0.25) is 0 Å². The number of hydrogen-bond acceptors (Lipinski definition) is 3. The van der Waals surface area contributed by atoms with Gasteiger partial charge in [0, 0.05) is 17.5 Å². The lowest BCUT2D eigenvalue weighted by molar-refractivity contribution is 0.593. The second kappa shape index (κ2) is 6.05. The smallest absolute Gasteiger partial charge is 0.152 e. The topological polar surface area (TPSA) is 46.2 Å². The minimum absolute atomic E-state index is 0.0624. The monoisotopic (exact) mass is 255 g/mol. The van der Waals surface area contributed by atoms with Crippen molar-refractivity contribution in [1.29, 1.82) is 0 Å². The molecule has 1 aromatic rings. The van der Waals surface area contributed by atoms with Gasteiger partial charge in [0.2, 0.25) is 0 Å². The summed E-state index contributed by atoms with van der Waals surface area (Å²) in [5.41, 5.74) is 2.25. The number of para-hydroxylation sites is 1. The number of benzene rings is 1. The number of rotatable bonds is 6. The van der Waals surface area contributed by atoms with Crippen LogP contribution >= 0.6 is 0 Å². The summed E-state index contributed by atoms with van der Waals surface area (Å²) in [5, 5.41) is 3.27. The van der Waals surface area contributed by atoms with Crippen LogP contribution in [0.25, 0.3) is 0 Å². The van der Waals surface area contributed by atoms with E-state index < -0.39 is 9.84 Å². The summed E-state index contributed by atoms with van der Waals surface area (Å²) in [4.78, 5) is 0. The van der Waals surface area contributed by atoms with Crippen molar-refractivity contribution in [3.05, 3.63) is 29.8 Å². The lowest BCUT2D eigenvalue weighted by Gasteiger charge is -2.17. The first-order valence-corrected chi connectivity index (χ1v) is 7.85. The highest BCUT2D eigenvalue weighted by atomic mass is 32.2. The number of hydrogen-bond donors (Lipinski definition) is 1. The maximum atomic E-state index is 11.5. The molecule has 0 saturated carbocycles. The van der Waals surface area contributed by atoms with Gasteiger partial charge in [-0.2, -0.15) is 0 Å². The minimum Gasteiger partial charge on any atom is -0.381 e. The summed E-state index contributed by atoms with van der Waals surface area (Å²) < 4.78 is 23.0. The highest BCUT2D eigenvalue weighted by Gasteiger charge is 2.14. The standard InChI is InChI=1S/C13H21NO2S/c1-4-12-8-6-7-9-13(12)14-11(3)10-17(15,16)5-2/h6-9,11,14H,4-5,10H2,1-3H3. The second-order valence-electron chi connectivity index (χ2n) is 4.25. The molecule has 0 bridgehead atoms. The predicted molar refractivity (Wildman–Crippen MR) is 73.2 cm³/mol. The Bertz CT molecular complexity index is 454. The maximum Gasteiger partial charge on any atom is 0.152 e. The zero-order valence-electron chi connectivity index (χ0n) is 10.7. The van der Waals surface area contributed by atoms with E-state index in [-0.39, 0.29) is 17.5 Å². The highest BCUT2D eigenvalue weighted by molar-refractivity contribution is 7.91. The lowest BCUT2D eigenvalue weighted by Crippen LogP contribution is -2.27. The van der Waals surface area contributed by atoms with Crippen LogP contribution in [0.1, 0.15) is 26.3 Å². The summed E-state index contributed by atoms with van der Waals surface area (Å²) in [5.74, 6) is 0.385. The summed E-state index contributed by atoms with van der Waals surface area (Å²) in [7, 11) is -2.92. The Labute approximate surface area is 104 Å². The average Bonchev–Trinajstić information content (AvgIpc) is 2.29. The predicted octanol–water partition coefficient (Wildman–Crippen LogP) is 2.48. The summed E-state index contributed by atoms with van der Waals surface area (Å²) in [6.45, 7) is 5.68. The van der Waals surface area contributed by atoms with Crippen molar-refractivity contribution in [2.75, 3.05) is 16.8 Å². The average molecular weight is 255 g/mol. The fourth-order valence-electron chi connectivity index (χ4n) is 1.78. The SMILES string of the molecule is CCc1ccccc1NC(C)CS(=O)(=O)CC. The molecule has 4 heteroatoms. The Morgan fingerprint density at radius 1 is 1.24 bits per heavy atom. The Kier molecular flexibility index (Phi) is 5.00. The zero-order chi connectivity index (χ0) is 12.9. The van der Waals surface area contributed by atoms with E-state index in [0.717, 1.165) is 12.1 Å². The van der Waals surface area contributed by atoms with E-state index in [1.165, 1.54) is 5.56 Å². The molecule has 0 heterocycles. The minimum atomic E-state index is -2.92. The molecule has 1 unspecified atom stereocenters. The second-order valence-corrected chi connectivity index (χ2v) is 6.65. The molecule has 0 fully saturated rings. The van der Waals surface area contributed by atoms with E-state index in [9.17, 15) is 8.42 Å². The first-order chi connectivity index (χ1) is 7.98. The Morgan fingerprint density at radius 2 is 1.88 bits per heavy atom. The van der Waals surface area contributed by atoms with Crippen molar-refractivity contribution in [2.24, 2.45) is 0 Å². The molecule has 0 spiro atoms. The van der Waals surface area contributed by atoms with Crippen LogP contribution < -0.4 is 5.32 Å². The third-order valence-electron chi connectivity index (χ3n) is 2.74. The molecule has 0 aromatic heterocycles. The molecule has 0 radical (unpaired) electrons. The van der Waals surface area contributed by atoms with Gasteiger partial charge in [0.15, 0.2) is 9.84 Å². The molecular formula is C13H21NO2S. The van der Waals surface area contributed by atoms with Gasteiger partial charge in [0.25, 0.3) is 0 Å². The van der Waals surface area contributed by atoms with Crippen LogP contribution in [0.5, 0.6) is 0 Å². The van der Waals surface area contributed by atoms with Crippen LogP contribution in [0, 0.1) is 0 Å². The van der Waals surface area contributed by atoms with E-state index in [1.807, 2.05) is 25.1 Å². The number of sulfone groups is 1.